The molecule has 5 heteroatoms. The van der Waals surface area contributed by atoms with Crippen molar-refractivity contribution in [3.05, 3.63) is 47.6 Å². The van der Waals surface area contributed by atoms with Crippen molar-refractivity contribution in [3.63, 3.8) is 0 Å². The van der Waals surface area contributed by atoms with Gasteiger partial charge in [0.2, 0.25) is 0 Å². The van der Waals surface area contributed by atoms with Gasteiger partial charge in [-0.2, -0.15) is 6.08 Å². The number of phenolic OH excluding ortho intramolecular Hbond substituents is 1. The summed E-state index contributed by atoms with van der Waals surface area (Å²) in [5.41, 5.74) is 2.79. The summed E-state index contributed by atoms with van der Waals surface area (Å²) in [6, 6.07) is 5.86. The Bertz CT molecular complexity index is 535. The summed E-state index contributed by atoms with van der Waals surface area (Å²) in [6.45, 7) is 15.5. The van der Waals surface area contributed by atoms with Gasteiger partial charge in [0.1, 0.15) is 5.75 Å². The predicted octanol–water partition coefficient (Wildman–Crippen LogP) is 5.81. The van der Waals surface area contributed by atoms with E-state index in [1.807, 2.05) is 13.0 Å². The summed E-state index contributed by atoms with van der Waals surface area (Å²) in [5, 5.41) is 10.7. The molecule has 24 heavy (non-hydrogen) atoms. The molecule has 1 N–H and O–H groups in total. The normalized spacial score (nSPS) is 12.7. The van der Waals surface area contributed by atoms with Crippen molar-refractivity contribution in [3.8, 4) is 5.75 Å². The van der Waals surface area contributed by atoms with Crippen LogP contribution in [-0.2, 0) is 21.7 Å². The molecule has 136 valence electrons. The molecule has 1 aromatic carbocycles. The minimum absolute atomic E-state index is 0. The smallest absolute Gasteiger partial charge is 0.115 e. The van der Waals surface area contributed by atoms with Gasteiger partial charge < -0.3 is 5.11 Å². The molecule has 1 nitrogen and oxygen atoms in total. The quantitative estimate of drug-likeness (QED) is 0.448. The third-order valence-electron chi connectivity index (χ3n) is 3.43. The van der Waals surface area contributed by atoms with Gasteiger partial charge in [0, 0.05) is 21.7 Å². The van der Waals surface area contributed by atoms with Crippen molar-refractivity contribution in [1.82, 2.24) is 0 Å². The Morgan fingerprint density at radius 3 is 1.88 bits per heavy atom. The number of halogens is 2. The summed E-state index contributed by atoms with van der Waals surface area (Å²) < 4.78 is 0. The molecule has 2 rings (SSSR count). The molecule has 0 atom stereocenters. The van der Waals surface area contributed by atoms with E-state index in [0.717, 1.165) is 12.0 Å². The third-order valence-corrected chi connectivity index (χ3v) is 5.45. The first-order valence-electron chi connectivity index (χ1n) is 7.59. The summed E-state index contributed by atoms with van der Waals surface area (Å²) >= 11 is 0. The van der Waals surface area contributed by atoms with E-state index in [0.29, 0.717) is 11.2 Å². The molecule has 0 saturated heterocycles. The van der Waals surface area contributed by atoms with E-state index in [1.54, 1.807) is 6.07 Å². The molecule has 0 bridgehead atoms. The van der Waals surface area contributed by atoms with Crippen molar-refractivity contribution in [2.45, 2.75) is 53.8 Å². The minimum atomic E-state index is -1.26. The Balaban J connectivity index is -0.000000336. The average Bonchev–Trinajstić information content (AvgIpc) is 2.79. The van der Waals surface area contributed by atoms with Crippen LogP contribution in [0.2, 0.25) is 19.6 Å². The molecule has 0 heterocycles. The van der Waals surface area contributed by atoms with Gasteiger partial charge >= 0.3 is 0 Å². The molecule has 1 aliphatic rings. The maximum absolute atomic E-state index is 9.38. The number of rotatable bonds is 1. The SMILES string of the molecule is CC(C)(C)C1=[C-]CC=C1.Cc1cc(O)cc([Si](C)(C)C)c1.Cl.Cl.[Ti]. The molecule has 0 aromatic heterocycles. The van der Waals surface area contributed by atoms with Crippen LogP contribution in [0.1, 0.15) is 32.8 Å². The van der Waals surface area contributed by atoms with Gasteiger partial charge in [-0.15, -0.1) is 31.2 Å². The number of aromatic hydroxyl groups is 1. The molecule has 0 amide bonds. The number of hydrogen-bond acceptors (Lipinski definition) is 1. The van der Waals surface area contributed by atoms with Gasteiger partial charge in [-0.3, -0.25) is 6.08 Å². The Morgan fingerprint density at radius 1 is 1.04 bits per heavy atom. The van der Waals surface area contributed by atoms with Gasteiger partial charge in [-0.05, 0) is 30.0 Å². The fraction of sp³-hybridized carbons (Fsp3) is 0.474. The van der Waals surface area contributed by atoms with E-state index < -0.39 is 8.07 Å². The van der Waals surface area contributed by atoms with E-state index in [9.17, 15) is 5.11 Å². The van der Waals surface area contributed by atoms with Crippen molar-refractivity contribution in [1.29, 1.82) is 0 Å². The van der Waals surface area contributed by atoms with Gasteiger partial charge in [0.25, 0.3) is 0 Å². The average molecular weight is 422 g/mol. The Morgan fingerprint density at radius 2 is 1.58 bits per heavy atom. The largest absolute Gasteiger partial charge is 0.508 e. The van der Waals surface area contributed by atoms with E-state index >= 15 is 0 Å². The number of phenols is 1. The van der Waals surface area contributed by atoms with E-state index in [2.05, 4.69) is 64.7 Å². The van der Waals surface area contributed by atoms with Crippen molar-refractivity contribution in [2.75, 3.05) is 0 Å². The minimum Gasteiger partial charge on any atom is -0.508 e. The first-order chi connectivity index (χ1) is 9.50. The van der Waals surface area contributed by atoms with Crippen molar-refractivity contribution < 1.29 is 26.8 Å². The fourth-order valence-corrected chi connectivity index (χ4v) is 3.36. The van der Waals surface area contributed by atoms with Crippen LogP contribution in [0, 0.1) is 18.4 Å². The number of aryl methyl sites for hydroxylation is 1. The van der Waals surface area contributed by atoms with E-state index in [-0.39, 0.29) is 46.5 Å². The van der Waals surface area contributed by atoms with Crippen LogP contribution in [0.25, 0.3) is 0 Å². The van der Waals surface area contributed by atoms with Gasteiger partial charge in [-0.1, -0.05) is 51.7 Å². The number of benzene rings is 1. The summed E-state index contributed by atoms with van der Waals surface area (Å²) in [6.07, 6.45) is 8.63. The number of allylic oxidation sites excluding steroid dienone is 4. The van der Waals surface area contributed by atoms with Crippen LogP contribution in [0.4, 0.5) is 0 Å². The van der Waals surface area contributed by atoms with Crippen LogP contribution in [0.5, 0.6) is 5.75 Å². The second-order valence-electron chi connectivity index (χ2n) is 7.75. The van der Waals surface area contributed by atoms with Gasteiger partial charge in [0.15, 0.2) is 0 Å². The summed E-state index contributed by atoms with van der Waals surface area (Å²) in [5.74, 6) is 0.396. The molecule has 0 saturated carbocycles. The van der Waals surface area contributed by atoms with E-state index in [1.165, 1.54) is 10.8 Å². The topological polar surface area (TPSA) is 20.2 Å². The Labute approximate surface area is 176 Å². The molecule has 1 aromatic rings. The molecular weight excluding hydrogens is 391 g/mol. The molecule has 1 aliphatic carbocycles. The fourth-order valence-electron chi connectivity index (χ4n) is 2.12. The maximum atomic E-state index is 9.38. The maximum Gasteiger partial charge on any atom is 0.115 e. The second kappa shape index (κ2) is 11.6. The first kappa shape index (κ1) is 28.8. The third kappa shape index (κ3) is 10.1. The molecule has 0 aliphatic heterocycles. The molecule has 0 radical (unpaired) electrons. The Hall–Kier alpha value is 0.0112. The zero-order valence-electron chi connectivity index (χ0n) is 15.9. The Kier molecular flexibility index (Phi) is 13.9. The van der Waals surface area contributed by atoms with Crippen molar-refractivity contribution >= 4 is 38.1 Å². The van der Waals surface area contributed by atoms with Crippen LogP contribution in [-0.4, -0.2) is 13.2 Å². The van der Waals surface area contributed by atoms with Crippen LogP contribution < -0.4 is 5.19 Å². The standard InChI is InChI=1S/C10H16OSi.C9H13.2ClH.Ti/c1-8-5-9(11)7-10(6-8)12(2,3)4;1-9(2,3)8-6-4-5-7-8;;;/h5-7,11H,1-4H3;4,6H,5H2,1-3H3;2*1H;/q;-1;;;. The molecule has 0 unspecified atom stereocenters. The van der Waals surface area contributed by atoms with Crippen LogP contribution in [0.15, 0.2) is 35.9 Å². The predicted molar refractivity (Wildman–Crippen MR) is 110 cm³/mol. The van der Waals surface area contributed by atoms with Crippen LogP contribution in [0.3, 0.4) is 0 Å². The summed E-state index contributed by atoms with van der Waals surface area (Å²) in [4.78, 5) is 0. The monoisotopic (exact) mass is 421 g/mol. The zero-order chi connectivity index (χ0) is 16.3. The second-order valence-corrected chi connectivity index (χ2v) is 12.8. The summed E-state index contributed by atoms with van der Waals surface area (Å²) in [7, 11) is -1.26. The first-order valence-corrected chi connectivity index (χ1v) is 11.1. The molecule has 0 spiro atoms. The van der Waals surface area contributed by atoms with E-state index in [4.69, 9.17) is 0 Å². The zero-order valence-corrected chi connectivity index (χ0v) is 20.1. The van der Waals surface area contributed by atoms with Gasteiger partial charge in [0.05, 0.1) is 8.07 Å². The number of hydrogen-bond donors (Lipinski definition) is 1. The molecule has 0 fully saturated rings. The molecular formula is C19H31Cl2OSiTi-. The van der Waals surface area contributed by atoms with Crippen molar-refractivity contribution in [2.24, 2.45) is 5.41 Å². The van der Waals surface area contributed by atoms with Gasteiger partial charge in [-0.25, -0.2) is 11.6 Å². The van der Waals surface area contributed by atoms with Crippen LogP contribution >= 0.6 is 24.8 Å².